The van der Waals surface area contributed by atoms with Crippen LogP contribution in [0.15, 0.2) is 67.3 Å². The van der Waals surface area contributed by atoms with E-state index in [4.69, 9.17) is 4.98 Å². The lowest BCUT2D eigenvalue weighted by molar-refractivity contribution is 1.05. The molecule has 6 heteroatoms. The van der Waals surface area contributed by atoms with Crippen LogP contribution < -0.4 is 10.6 Å². The van der Waals surface area contributed by atoms with Crippen molar-refractivity contribution < 1.29 is 0 Å². The third-order valence-electron chi connectivity index (χ3n) is 4.91. The molecule has 0 saturated heterocycles. The molecule has 6 nitrogen and oxygen atoms in total. The third-order valence-corrected chi connectivity index (χ3v) is 4.91. The summed E-state index contributed by atoms with van der Waals surface area (Å²) >= 11 is 0. The highest BCUT2D eigenvalue weighted by atomic mass is 15.1. The number of aromatic nitrogens is 4. The van der Waals surface area contributed by atoms with E-state index in [0.29, 0.717) is 12.5 Å². The smallest absolute Gasteiger partial charge is 0.223 e. The van der Waals surface area contributed by atoms with E-state index >= 15 is 0 Å². The summed E-state index contributed by atoms with van der Waals surface area (Å²) in [4.78, 5) is 18.1. The van der Waals surface area contributed by atoms with Gasteiger partial charge in [-0.2, -0.15) is 0 Å². The second-order valence-electron chi connectivity index (χ2n) is 6.68. The second-order valence-corrected chi connectivity index (χ2v) is 6.68. The van der Waals surface area contributed by atoms with Crippen molar-refractivity contribution in [1.29, 1.82) is 0 Å². The fourth-order valence-corrected chi connectivity index (χ4v) is 3.40. The maximum absolute atomic E-state index is 4.84. The molecule has 1 aromatic carbocycles. The Morgan fingerprint density at radius 3 is 2.75 bits per heavy atom. The fourth-order valence-electron chi connectivity index (χ4n) is 3.40. The number of nitrogens with zero attached hydrogens (tertiary/aromatic N) is 4. The molecule has 0 amide bonds. The molecule has 28 heavy (non-hydrogen) atoms. The predicted octanol–water partition coefficient (Wildman–Crippen LogP) is 4.58. The van der Waals surface area contributed by atoms with Gasteiger partial charge in [0.1, 0.15) is 5.82 Å². The Morgan fingerprint density at radius 2 is 1.82 bits per heavy atom. The first-order chi connectivity index (χ1) is 13.8. The lowest BCUT2D eigenvalue weighted by Crippen LogP contribution is -2.06. The number of anilines is 3. The average molecular weight is 366 g/mol. The Labute approximate surface area is 162 Å². The van der Waals surface area contributed by atoms with Crippen LogP contribution in [0, 0.1) is 6.92 Å². The number of pyridine rings is 2. The van der Waals surface area contributed by atoms with Gasteiger partial charge in [0, 0.05) is 41.8 Å². The molecule has 0 atom stereocenters. The van der Waals surface area contributed by atoms with Crippen molar-refractivity contribution in [3.63, 3.8) is 0 Å². The van der Waals surface area contributed by atoms with Crippen LogP contribution in [-0.4, -0.2) is 19.9 Å². The monoisotopic (exact) mass is 366 g/mol. The minimum absolute atomic E-state index is 0.592. The molecule has 0 saturated carbocycles. The minimum atomic E-state index is 0.592. The highest BCUT2D eigenvalue weighted by Crippen LogP contribution is 2.41. The molecular weight excluding hydrogens is 348 g/mol. The van der Waals surface area contributed by atoms with Crippen LogP contribution in [0.3, 0.4) is 0 Å². The normalized spacial score (nSPS) is 11.5. The molecule has 1 aliphatic heterocycles. The van der Waals surface area contributed by atoms with Gasteiger partial charge in [-0.1, -0.05) is 24.3 Å². The van der Waals surface area contributed by atoms with Gasteiger partial charge in [0.15, 0.2) is 0 Å². The molecule has 3 aromatic heterocycles. The van der Waals surface area contributed by atoms with E-state index in [9.17, 15) is 0 Å². The van der Waals surface area contributed by atoms with Crippen LogP contribution in [0.25, 0.3) is 22.4 Å². The highest BCUT2D eigenvalue weighted by Gasteiger charge is 2.21. The predicted molar refractivity (Wildman–Crippen MR) is 110 cm³/mol. The molecule has 2 N–H and O–H groups in total. The number of hydrogen-bond donors (Lipinski definition) is 2. The van der Waals surface area contributed by atoms with Crippen molar-refractivity contribution in [1.82, 2.24) is 19.9 Å². The summed E-state index contributed by atoms with van der Waals surface area (Å²) in [5.41, 5.74) is 7.11. The van der Waals surface area contributed by atoms with Crippen molar-refractivity contribution in [2.45, 2.75) is 13.5 Å². The number of fused-ring (bicyclic) bond motifs is 5. The summed E-state index contributed by atoms with van der Waals surface area (Å²) in [5.74, 6) is 1.35. The maximum atomic E-state index is 4.84. The van der Waals surface area contributed by atoms with Crippen molar-refractivity contribution in [2.24, 2.45) is 0 Å². The summed E-state index contributed by atoms with van der Waals surface area (Å²) < 4.78 is 0. The van der Waals surface area contributed by atoms with E-state index in [2.05, 4.69) is 44.6 Å². The molecule has 0 spiro atoms. The topological polar surface area (TPSA) is 75.6 Å². The molecule has 1 aliphatic rings. The van der Waals surface area contributed by atoms with Crippen LogP contribution in [0.5, 0.6) is 0 Å². The first-order valence-corrected chi connectivity index (χ1v) is 9.12. The molecule has 4 aromatic rings. The minimum Gasteiger partial charge on any atom is -0.350 e. The van der Waals surface area contributed by atoms with Gasteiger partial charge in [-0.25, -0.2) is 15.0 Å². The zero-order valence-electron chi connectivity index (χ0n) is 15.3. The van der Waals surface area contributed by atoms with E-state index < -0.39 is 0 Å². The zero-order chi connectivity index (χ0) is 18.9. The SMILES string of the molecule is Cc1ccccc1CNc1ncc2c(n1)-c1cccnc1Nc1cnccc1-2. The molecule has 0 bridgehead atoms. The highest BCUT2D eigenvalue weighted by molar-refractivity contribution is 5.95. The van der Waals surface area contributed by atoms with Gasteiger partial charge < -0.3 is 10.6 Å². The second kappa shape index (κ2) is 6.74. The summed E-state index contributed by atoms with van der Waals surface area (Å²) in [6.07, 6.45) is 7.21. The number of aryl methyl sites for hydroxylation is 1. The first-order valence-electron chi connectivity index (χ1n) is 9.12. The van der Waals surface area contributed by atoms with Gasteiger partial charge >= 0.3 is 0 Å². The van der Waals surface area contributed by atoms with Gasteiger partial charge in [-0.15, -0.1) is 0 Å². The number of nitrogens with one attached hydrogen (secondary N) is 2. The molecule has 136 valence electrons. The first kappa shape index (κ1) is 16.4. The Hall–Kier alpha value is -3.80. The quantitative estimate of drug-likeness (QED) is 0.487. The largest absolute Gasteiger partial charge is 0.350 e. The number of rotatable bonds is 3. The Bertz CT molecular complexity index is 1170. The lowest BCUT2D eigenvalue weighted by Gasteiger charge is -2.11. The molecule has 0 aliphatic carbocycles. The van der Waals surface area contributed by atoms with E-state index in [1.165, 1.54) is 11.1 Å². The molecule has 5 rings (SSSR count). The van der Waals surface area contributed by atoms with E-state index in [1.807, 2.05) is 36.5 Å². The van der Waals surface area contributed by atoms with Crippen LogP contribution in [0.1, 0.15) is 11.1 Å². The summed E-state index contributed by atoms with van der Waals surface area (Å²) in [5, 5.41) is 6.72. The molecule has 4 heterocycles. The number of benzene rings is 1. The lowest BCUT2D eigenvalue weighted by atomic mass is 10.0. The standard InChI is InChI=1S/C22H18N6/c1-14-5-2-3-6-15(14)11-25-22-26-12-18-16-8-10-23-13-19(16)27-21-17(20(18)28-22)7-4-9-24-21/h2-10,12-13H,11H2,1H3,(H,24,27)(H,25,26,28). The van der Waals surface area contributed by atoms with Gasteiger partial charge in [-0.3, -0.25) is 4.98 Å². The van der Waals surface area contributed by atoms with E-state index in [-0.39, 0.29) is 0 Å². The summed E-state index contributed by atoms with van der Waals surface area (Å²) in [6, 6.07) is 14.2. The Balaban J connectivity index is 1.58. The average Bonchev–Trinajstić information content (AvgIpc) is 2.87. The third kappa shape index (κ3) is 2.85. The summed E-state index contributed by atoms with van der Waals surface area (Å²) in [6.45, 7) is 2.78. The van der Waals surface area contributed by atoms with Gasteiger partial charge in [0.25, 0.3) is 0 Å². The van der Waals surface area contributed by atoms with Gasteiger partial charge in [0.2, 0.25) is 5.95 Å². The van der Waals surface area contributed by atoms with Crippen molar-refractivity contribution in [2.75, 3.05) is 10.6 Å². The number of hydrogen-bond acceptors (Lipinski definition) is 6. The van der Waals surface area contributed by atoms with Gasteiger partial charge in [-0.05, 0) is 36.2 Å². The fraction of sp³-hybridized carbons (Fsp3) is 0.0909. The van der Waals surface area contributed by atoms with Crippen LogP contribution in [-0.2, 0) is 6.54 Å². The van der Waals surface area contributed by atoms with E-state index in [1.54, 1.807) is 18.6 Å². The van der Waals surface area contributed by atoms with Gasteiger partial charge in [0.05, 0.1) is 17.6 Å². The Kier molecular flexibility index (Phi) is 3.94. The molecule has 0 radical (unpaired) electrons. The maximum Gasteiger partial charge on any atom is 0.223 e. The van der Waals surface area contributed by atoms with Crippen molar-refractivity contribution >= 4 is 17.5 Å². The zero-order valence-corrected chi connectivity index (χ0v) is 15.3. The van der Waals surface area contributed by atoms with E-state index in [0.717, 1.165) is 33.9 Å². The van der Waals surface area contributed by atoms with Crippen LogP contribution in [0.2, 0.25) is 0 Å². The Morgan fingerprint density at radius 1 is 0.893 bits per heavy atom. The molecular formula is C22H18N6. The van der Waals surface area contributed by atoms with Crippen LogP contribution >= 0.6 is 0 Å². The summed E-state index contributed by atoms with van der Waals surface area (Å²) in [7, 11) is 0. The van der Waals surface area contributed by atoms with Crippen LogP contribution in [0.4, 0.5) is 17.5 Å². The van der Waals surface area contributed by atoms with Crippen molar-refractivity contribution in [3.05, 3.63) is 78.4 Å². The molecule has 0 unspecified atom stereocenters. The van der Waals surface area contributed by atoms with Crippen molar-refractivity contribution in [3.8, 4) is 22.4 Å². The molecule has 0 fully saturated rings.